The summed E-state index contributed by atoms with van der Waals surface area (Å²) in [6.45, 7) is 3.10. The van der Waals surface area contributed by atoms with Crippen molar-refractivity contribution in [3.63, 3.8) is 0 Å². The summed E-state index contributed by atoms with van der Waals surface area (Å²) in [6, 6.07) is 0. The summed E-state index contributed by atoms with van der Waals surface area (Å²) in [5.74, 6) is -3.26. The Hall–Kier alpha value is -1.28. The van der Waals surface area contributed by atoms with E-state index in [-0.39, 0.29) is 0 Å². The maximum Gasteiger partial charge on any atom is 0.439 e. The Morgan fingerprint density at radius 3 is 2.19 bits per heavy atom. The SMILES string of the molecule is CC(C)(C)OC(F)(F)C(=O)NOCC(=O)O. The first-order valence-corrected chi connectivity index (χ1v) is 4.26. The number of hydroxylamine groups is 1. The second-order valence-electron chi connectivity index (χ2n) is 3.84. The third-order valence-electron chi connectivity index (χ3n) is 1.06. The van der Waals surface area contributed by atoms with E-state index in [0.717, 1.165) is 0 Å². The highest BCUT2D eigenvalue weighted by molar-refractivity contribution is 5.81. The second kappa shape index (κ2) is 5.17. The molecule has 8 heteroatoms. The summed E-state index contributed by atoms with van der Waals surface area (Å²) in [5.41, 5.74) is 0.0535. The monoisotopic (exact) mass is 241 g/mol. The number of ether oxygens (including phenoxy) is 1. The largest absolute Gasteiger partial charge is 0.479 e. The van der Waals surface area contributed by atoms with Crippen LogP contribution in [0.15, 0.2) is 0 Å². The number of amides is 1. The molecule has 0 heterocycles. The maximum absolute atomic E-state index is 13.0. The lowest BCUT2D eigenvalue weighted by atomic mass is 10.2. The number of hydrogen-bond donors (Lipinski definition) is 2. The van der Waals surface area contributed by atoms with E-state index in [0.29, 0.717) is 0 Å². The number of hydrogen-bond acceptors (Lipinski definition) is 4. The highest BCUT2D eigenvalue weighted by Gasteiger charge is 2.44. The molecule has 0 aliphatic heterocycles. The van der Waals surface area contributed by atoms with Gasteiger partial charge in [-0.3, -0.25) is 9.63 Å². The number of aliphatic carboxylic acids is 1. The van der Waals surface area contributed by atoms with Crippen LogP contribution < -0.4 is 5.48 Å². The number of halogens is 2. The number of rotatable bonds is 5. The van der Waals surface area contributed by atoms with Crippen molar-refractivity contribution < 1.29 is 33.1 Å². The number of carbonyl (C=O) groups is 2. The van der Waals surface area contributed by atoms with Gasteiger partial charge in [0.05, 0.1) is 5.60 Å². The van der Waals surface area contributed by atoms with Gasteiger partial charge < -0.3 is 9.84 Å². The van der Waals surface area contributed by atoms with E-state index in [1.54, 1.807) is 0 Å². The normalized spacial score (nSPS) is 12.3. The van der Waals surface area contributed by atoms with Gasteiger partial charge in [0, 0.05) is 0 Å². The molecule has 0 radical (unpaired) electrons. The van der Waals surface area contributed by atoms with Crippen LogP contribution in [0.5, 0.6) is 0 Å². The molecule has 0 saturated heterocycles. The standard InChI is InChI=1S/C8H13F2NO5/c1-7(2,3)16-8(9,10)6(14)11-15-4-5(12)13/h4H2,1-3H3,(H,11,14)(H,12,13). The van der Waals surface area contributed by atoms with Crippen LogP contribution in [0, 0.1) is 0 Å². The maximum atomic E-state index is 13.0. The fraction of sp³-hybridized carbons (Fsp3) is 0.750. The molecule has 16 heavy (non-hydrogen) atoms. The van der Waals surface area contributed by atoms with Gasteiger partial charge in [0.25, 0.3) is 0 Å². The van der Waals surface area contributed by atoms with E-state index in [2.05, 4.69) is 9.57 Å². The summed E-state index contributed by atoms with van der Waals surface area (Å²) in [7, 11) is 0. The Morgan fingerprint density at radius 2 is 1.81 bits per heavy atom. The van der Waals surface area contributed by atoms with Crippen LogP contribution in [-0.2, 0) is 19.2 Å². The highest BCUT2D eigenvalue weighted by atomic mass is 19.3. The average molecular weight is 241 g/mol. The van der Waals surface area contributed by atoms with Gasteiger partial charge in [-0.1, -0.05) is 0 Å². The smallest absolute Gasteiger partial charge is 0.439 e. The zero-order chi connectivity index (χ0) is 13.0. The molecule has 0 bridgehead atoms. The summed E-state index contributed by atoms with van der Waals surface area (Å²) in [6.07, 6.45) is -4.09. The zero-order valence-corrected chi connectivity index (χ0v) is 9.04. The number of carboxylic acids is 1. The van der Waals surface area contributed by atoms with Crippen LogP contribution >= 0.6 is 0 Å². The molecular weight excluding hydrogens is 228 g/mol. The van der Waals surface area contributed by atoms with Gasteiger partial charge in [-0.25, -0.2) is 10.3 Å². The van der Waals surface area contributed by atoms with Crippen molar-refractivity contribution in [3.05, 3.63) is 0 Å². The lowest BCUT2D eigenvalue weighted by molar-refractivity contribution is -0.272. The molecule has 0 aliphatic rings. The number of carboxylic acid groups (broad SMARTS) is 1. The molecule has 0 fully saturated rings. The molecule has 0 spiro atoms. The zero-order valence-electron chi connectivity index (χ0n) is 9.04. The van der Waals surface area contributed by atoms with Crippen molar-refractivity contribution in [2.24, 2.45) is 0 Å². The molecule has 0 aromatic carbocycles. The minimum Gasteiger partial charge on any atom is -0.479 e. The predicted molar refractivity (Wildman–Crippen MR) is 47.5 cm³/mol. The quantitative estimate of drug-likeness (QED) is 0.686. The van der Waals surface area contributed by atoms with E-state index < -0.39 is 30.2 Å². The van der Waals surface area contributed by atoms with E-state index in [1.165, 1.54) is 26.3 Å². The fourth-order valence-corrected chi connectivity index (χ4v) is 0.654. The molecule has 0 aliphatic carbocycles. The number of nitrogens with one attached hydrogen (secondary N) is 1. The molecule has 6 nitrogen and oxygen atoms in total. The lowest BCUT2D eigenvalue weighted by Crippen LogP contribution is -2.46. The molecule has 0 rings (SSSR count). The van der Waals surface area contributed by atoms with Crippen LogP contribution in [0.4, 0.5) is 8.78 Å². The van der Waals surface area contributed by atoms with Crippen LogP contribution in [0.25, 0.3) is 0 Å². The van der Waals surface area contributed by atoms with Crippen molar-refractivity contribution in [3.8, 4) is 0 Å². The summed E-state index contributed by atoms with van der Waals surface area (Å²) >= 11 is 0. The Morgan fingerprint density at radius 1 is 1.31 bits per heavy atom. The van der Waals surface area contributed by atoms with E-state index in [1.807, 2.05) is 0 Å². The van der Waals surface area contributed by atoms with Crippen molar-refractivity contribution >= 4 is 11.9 Å². The first-order chi connectivity index (χ1) is 7.04. The molecule has 2 N–H and O–H groups in total. The summed E-state index contributed by atoms with van der Waals surface area (Å²) in [4.78, 5) is 24.8. The van der Waals surface area contributed by atoms with Crippen LogP contribution in [0.3, 0.4) is 0 Å². The van der Waals surface area contributed by atoms with Gasteiger partial charge in [-0.05, 0) is 20.8 Å². The van der Waals surface area contributed by atoms with Crippen molar-refractivity contribution in [2.45, 2.75) is 32.5 Å². The van der Waals surface area contributed by atoms with E-state index in [9.17, 15) is 18.4 Å². The van der Waals surface area contributed by atoms with Gasteiger partial charge in [-0.2, -0.15) is 8.78 Å². The number of alkyl halides is 2. The first kappa shape index (κ1) is 14.7. The molecular formula is C8H13F2NO5. The molecule has 94 valence electrons. The predicted octanol–water partition coefficient (Wildman–Crippen LogP) is 0.527. The molecule has 1 amide bonds. The van der Waals surface area contributed by atoms with Gasteiger partial charge in [0.1, 0.15) is 0 Å². The van der Waals surface area contributed by atoms with Crippen LogP contribution in [-0.4, -0.2) is 35.3 Å². The van der Waals surface area contributed by atoms with E-state index >= 15 is 0 Å². The van der Waals surface area contributed by atoms with Gasteiger partial charge in [-0.15, -0.1) is 0 Å². The van der Waals surface area contributed by atoms with Gasteiger partial charge >= 0.3 is 18.0 Å². The molecule has 0 unspecified atom stereocenters. The minimum atomic E-state index is -4.09. The summed E-state index contributed by atoms with van der Waals surface area (Å²) < 4.78 is 30.1. The van der Waals surface area contributed by atoms with Crippen LogP contribution in [0.1, 0.15) is 20.8 Å². The molecule has 0 saturated carbocycles. The second-order valence-corrected chi connectivity index (χ2v) is 3.84. The third-order valence-corrected chi connectivity index (χ3v) is 1.06. The Labute approximate surface area is 90.5 Å². The lowest BCUT2D eigenvalue weighted by Gasteiger charge is -2.25. The first-order valence-electron chi connectivity index (χ1n) is 4.26. The Bertz CT molecular complexity index is 274. The van der Waals surface area contributed by atoms with Crippen molar-refractivity contribution in [2.75, 3.05) is 6.61 Å². The fourth-order valence-electron chi connectivity index (χ4n) is 0.654. The molecule has 0 aromatic rings. The average Bonchev–Trinajstić information content (AvgIpc) is 1.98. The topological polar surface area (TPSA) is 84.9 Å². The third kappa shape index (κ3) is 6.25. The summed E-state index contributed by atoms with van der Waals surface area (Å²) in [5, 5.41) is 8.12. The minimum absolute atomic E-state index is 0.919. The molecule has 0 aromatic heterocycles. The molecule has 0 atom stereocenters. The van der Waals surface area contributed by atoms with Crippen molar-refractivity contribution in [1.82, 2.24) is 5.48 Å². The van der Waals surface area contributed by atoms with Crippen LogP contribution in [0.2, 0.25) is 0 Å². The van der Waals surface area contributed by atoms with Gasteiger partial charge in [0.15, 0.2) is 6.61 Å². The van der Waals surface area contributed by atoms with Crippen molar-refractivity contribution in [1.29, 1.82) is 0 Å². The Balaban J connectivity index is 4.20. The Kier molecular flexibility index (Phi) is 4.76. The van der Waals surface area contributed by atoms with Gasteiger partial charge in [0.2, 0.25) is 0 Å². The number of carbonyl (C=O) groups excluding carboxylic acids is 1. The highest BCUT2D eigenvalue weighted by Crippen LogP contribution is 2.23. The van der Waals surface area contributed by atoms with E-state index in [4.69, 9.17) is 5.11 Å².